The number of carbonyl (C=O) groups excluding carboxylic acids is 1. The molecule has 5 nitrogen and oxygen atoms in total. The lowest BCUT2D eigenvalue weighted by atomic mass is 9.90. The Morgan fingerprint density at radius 3 is 2.52 bits per heavy atom. The summed E-state index contributed by atoms with van der Waals surface area (Å²) in [6.45, 7) is 2.66. The first-order chi connectivity index (χ1) is 12.6. The van der Waals surface area contributed by atoms with Crippen molar-refractivity contribution >= 4 is 33.4 Å². The molecule has 0 bridgehead atoms. The summed E-state index contributed by atoms with van der Waals surface area (Å²) in [5, 5.41) is 9.71. The summed E-state index contributed by atoms with van der Waals surface area (Å²) in [6.07, 6.45) is -2.56. The molecule has 1 aliphatic heterocycles. The van der Waals surface area contributed by atoms with Crippen molar-refractivity contribution in [2.75, 3.05) is 13.1 Å². The molecule has 27 heavy (non-hydrogen) atoms. The number of carboxylic acids is 1. The minimum absolute atomic E-state index is 0.180. The lowest BCUT2D eigenvalue weighted by molar-refractivity contribution is -0.141. The molecule has 4 rings (SSSR count). The highest BCUT2D eigenvalue weighted by Gasteiger charge is 2.59. The van der Waals surface area contributed by atoms with Gasteiger partial charge in [0, 0.05) is 18.5 Å². The van der Waals surface area contributed by atoms with Crippen LogP contribution in [0, 0.1) is 18.3 Å². The molecule has 2 aliphatic rings. The summed E-state index contributed by atoms with van der Waals surface area (Å²) < 4.78 is 38.6. The summed E-state index contributed by atoms with van der Waals surface area (Å²) >= 11 is 0.980. The minimum Gasteiger partial charge on any atom is -0.481 e. The second kappa shape index (κ2) is 5.92. The van der Waals surface area contributed by atoms with Crippen LogP contribution in [0.4, 0.5) is 13.2 Å². The molecular weight excluding hydrogens is 381 g/mol. The van der Waals surface area contributed by atoms with E-state index in [1.54, 1.807) is 11.8 Å². The van der Waals surface area contributed by atoms with Gasteiger partial charge < -0.3 is 10.0 Å². The first-order valence-electron chi connectivity index (χ1n) is 8.62. The van der Waals surface area contributed by atoms with Crippen LogP contribution in [0.3, 0.4) is 0 Å². The van der Waals surface area contributed by atoms with Crippen LogP contribution in [-0.4, -0.2) is 40.0 Å². The van der Waals surface area contributed by atoms with Gasteiger partial charge in [-0.3, -0.25) is 9.59 Å². The Morgan fingerprint density at radius 1 is 1.30 bits per heavy atom. The zero-order valence-electron chi connectivity index (χ0n) is 14.5. The molecule has 1 saturated heterocycles. The first kappa shape index (κ1) is 18.2. The van der Waals surface area contributed by atoms with E-state index in [-0.39, 0.29) is 22.1 Å². The van der Waals surface area contributed by atoms with Crippen LogP contribution in [0.25, 0.3) is 10.2 Å². The van der Waals surface area contributed by atoms with Gasteiger partial charge in [0.15, 0.2) is 0 Å². The van der Waals surface area contributed by atoms with Crippen molar-refractivity contribution in [3.63, 3.8) is 0 Å². The number of aliphatic carboxylic acids is 1. The number of likely N-dealkylation sites (tertiary alicyclic amines) is 1. The molecule has 1 unspecified atom stereocenters. The molecule has 9 heteroatoms. The number of piperidine rings is 1. The molecule has 0 radical (unpaired) electrons. The van der Waals surface area contributed by atoms with Gasteiger partial charge in [0.05, 0.1) is 10.8 Å². The van der Waals surface area contributed by atoms with E-state index < -0.39 is 17.8 Å². The lowest BCUT2D eigenvalue weighted by Gasteiger charge is -2.32. The summed E-state index contributed by atoms with van der Waals surface area (Å²) in [7, 11) is 0. The fourth-order valence-electron chi connectivity index (χ4n) is 4.01. The van der Waals surface area contributed by atoms with Crippen molar-refractivity contribution < 1.29 is 27.9 Å². The molecule has 1 spiro atoms. The van der Waals surface area contributed by atoms with Crippen LogP contribution < -0.4 is 0 Å². The number of carbonyl (C=O) groups is 2. The van der Waals surface area contributed by atoms with Crippen molar-refractivity contribution in [2.45, 2.75) is 32.4 Å². The second-order valence-corrected chi connectivity index (χ2v) is 8.35. The largest absolute Gasteiger partial charge is 0.481 e. The van der Waals surface area contributed by atoms with Gasteiger partial charge in [-0.15, -0.1) is 11.3 Å². The Balaban J connectivity index is 1.55. The molecule has 1 amide bonds. The predicted octanol–water partition coefficient (Wildman–Crippen LogP) is 3.95. The monoisotopic (exact) mass is 398 g/mol. The zero-order valence-corrected chi connectivity index (χ0v) is 15.3. The average molecular weight is 398 g/mol. The maximum atomic E-state index is 12.9. The van der Waals surface area contributed by atoms with Gasteiger partial charge in [-0.1, -0.05) is 0 Å². The Bertz CT molecular complexity index is 945. The van der Waals surface area contributed by atoms with Gasteiger partial charge in [-0.2, -0.15) is 13.2 Å². The number of pyridine rings is 1. The second-order valence-electron chi connectivity index (χ2n) is 7.35. The van der Waals surface area contributed by atoms with Crippen molar-refractivity contribution in [1.29, 1.82) is 0 Å². The third-order valence-electron chi connectivity index (χ3n) is 5.82. The maximum Gasteiger partial charge on any atom is 0.433 e. The molecular formula is C18H17F3N2O3S. The van der Waals surface area contributed by atoms with Gasteiger partial charge in [-0.25, -0.2) is 4.98 Å². The highest BCUT2D eigenvalue weighted by molar-refractivity contribution is 7.20. The Labute approximate surface area is 156 Å². The number of carboxylic acid groups (broad SMARTS) is 1. The number of hydrogen-bond donors (Lipinski definition) is 1. The molecule has 3 heterocycles. The van der Waals surface area contributed by atoms with Crippen LogP contribution in [0.5, 0.6) is 0 Å². The third kappa shape index (κ3) is 2.97. The number of hydrogen-bond acceptors (Lipinski definition) is 4. The van der Waals surface area contributed by atoms with E-state index >= 15 is 0 Å². The van der Waals surface area contributed by atoms with Crippen LogP contribution in [-0.2, 0) is 11.0 Å². The SMILES string of the molecule is Cc1c(C(=O)N2CCC3(CC2)CC3C(=O)O)sc2nc(C(F)(F)F)ccc12. The fourth-order valence-corrected chi connectivity index (χ4v) is 5.16. The lowest BCUT2D eigenvalue weighted by Crippen LogP contribution is -2.39. The number of nitrogens with zero attached hydrogens (tertiary/aromatic N) is 2. The number of amides is 1. The predicted molar refractivity (Wildman–Crippen MR) is 92.7 cm³/mol. The number of aromatic nitrogens is 1. The smallest absolute Gasteiger partial charge is 0.433 e. The fraction of sp³-hybridized carbons (Fsp3) is 0.500. The summed E-state index contributed by atoms with van der Waals surface area (Å²) in [5.74, 6) is -1.31. The molecule has 0 aromatic carbocycles. The van der Waals surface area contributed by atoms with Crippen molar-refractivity contribution in [3.05, 3.63) is 28.3 Å². The minimum atomic E-state index is -4.53. The third-order valence-corrected chi connectivity index (χ3v) is 7.01. The Morgan fingerprint density at radius 2 is 1.96 bits per heavy atom. The van der Waals surface area contributed by atoms with E-state index in [4.69, 9.17) is 5.11 Å². The van der Waals surface area contributed by atoms with Gasteiger partial charge in [0.2, 0.25) is 0 Å². The molecule has 1 saturated carbocycles. The molecule has 2 aromatic rings. The molecule has 2 fully saturated rings. The number of alkyl halides is 3. The molecule has 1 aliphatic carbocycles. The van der Waals surface area contributed by atoms with Crippen molar-refractivity contribution in [1.82, 2.24) is 9.88 Å². The maximum absolute atomic E-state index is 12.9. The first-order valence-corrected chi connectivity index (χ1v) is 9.43. The van der Waals surface area contributed by atoms with Crippen molar-refractivity contribution in [2.24, 2.45) is 11.3 Å². The summed E-state index contributed by atoms with van der Waals surface area (Å²) in [5.41, 5.74) is -0.513. The number of thiophene rings is 1. The Kier molecular flexibility index (Phi) is 3.99. The van der Waals surface area contributed by atoms with Crippen LogP contribution in [0.2, 0.25) is 0 Å². The number of halogens is 3. The van der Waals surface area contributed by atoms with Gasteiger partial charge in [0.25, 0.3) is 5.91 Å². The zero-order chi connectivity index (χ0) is 19.6. The number of fused-ring (bicyclic) bond motifs is 1. The van der Waals surface area contributed by atoms with E-state index in [0.29, 0.717) is 48.2 Å². The molecule has 1 N–H and O–H groups in total. The topological polar surface area (TPSA) is 70.5 Å². The normalized spacial score (nSPS) is 21.6. The highest BCUT2D eigenvalue weighted by Crippen LogP contribution is 2.59. The number of aryl methyl sites for hydroxylation is 1. The van der Waals surface area contributed by atoms with E-state index in [9.17, 15) is 22.8 Å². The molecule has 1 atom stereocenters. The summed E-state index contributed by atoms with van der Waals surface area (Å²) in [4.78, 5) is 30.0. The van der Waals surface area contributed by atoms with Crippen LogP contribution >= 0.6 is 11.3 Å². The van der Waals surface area contributed by atoms with Crippen molar-refractivity contribution in [3.8, 4) is 0 Å². The van der Waals surface area contributed by atoms with Crippen LogP contribution in [0.1, 0.15) is 40.2 Å². The average Bonchev–Trinajstić information content (AvgIpc) is 3.21. The quantitative estimate of drug-likeness (QED) is 0.832. The Hall–Kier alpha value is -2.16. The van der Waals surface area contributed by atoms with Crippen LogP contribution in [0.15, 0.2) is 12.1 Å². The van der Waals surface area contributed by atoms with Gasteiger partial charge in [0.1, 0.15) is 10.5 Å². The number of rotatable bonds is 2. The van der Waals surface area contributed by atoms with Gasteiger partial charge in [-0.05, 0) is 49.3 Å². The van der Waals surface area contributed by atoms with E-state index in [1.165, 1.54) is 6.07 Å². The van der Waals surface area contributed by atoms with Gasteiger partial charge >= 0.3 is 12.1 Å². The standard InChI is InChI=1S/C18H17F3N2O3S/c1-9-10-2-3-12(18(19,20)21)22-14(10)27-13(9)15(24)23-6-4-17(5-7-23)8-11(17)16(25)26/h2-3,11H,4-8H2,1H3,(H,25,26). The van der Waals surface area contributed by atoms with E-state index in [2.05, 4.69) is 4.98 Å². The molecule has 2 aromatic heterocycles. The van der Waals surface area contributed by atoms with E-state index in [1.807, 2.05) is 0 Å². The highest BCUT2D eigenvalue weighted by atomic mass is 32.1. The van der Waals surface area contributed by atoms with E-state index in [0.717, 1.165) is 17.4 Å². The molecule has 144 valence electrons. The summed E-state index contributed by atoms with van der Waals surface area (Å²) in [6, 6.07) is 2.29.